The minimum absolute atomic E-state index is 0.00458. The highest BCUT2D eigenvalue weighted by Crippen LogP contribution is 2.27. The zero-order valence-electron chi connectivity index (χ0n) is 14.5. The Morgan fingerprint density at radius 1 is 1.24 bits per heavy atom. The fourth-order valence-corrected chi connectivity index (χ4v) is 2.85. The molecular formula is C16H20N4O4Si. The van der Waals surface area contributed by atoms with Crippen LogP contribution in [0.3, 0.4) is 0 Å². The summed E-state index contributed by atoms with van der Waals surface area (Å²) in [6.07, 6.45) is 0.875. The average molecular weight is 360 g/mol. The zero-order valence-corrected chi connectivity index (χ0v) is 15.5. The molecule has 1 aliphatic heterocycles. The number of ketones is 1. The second-order valence-corrected chi connectivity index (χ2v) is 6.65. The van der Waals surface area contributed by atoms with E-state index in [1.165, 1.54) is 6.07 Å². The molecule has 1 fully saturated rings. The maximum Gasteiger partial charge on any atom is 0.311 e. The number of nitro groups is 1. The van der Waals surface area contributed by atoms with Crippen LogP contribution in [0.1, 0.15) is 24.2 Å². The van der Waals surface area contributed by atoms with Crippen molar-refractivity contribution in [3.05, 3.63) is 39.7 Å². The summed E-state index contributed by atoms with van der Waals surface area (Å²) in [7, 11) is 0.722. The molecule has 0 amide bonds. The highest BCUT2D eigenvalue weighted by molar-refractivity contribution is 6.50. The Balaban J connectivity index is 0.000000236. The third kappa shape index (κ3) is 5.21. The van der Waals surface area contributed by atoms with Crippen LogP contribution in [0.15, 0.2) is 22.7 Å². The van der Waals surface area contributed by atoms with Gasteiger partial charge in [-0.1, -0.05) is 11.7 Å². The van der Waals surface area contributed by atoms with E-state index < -0.39 is 4.92 Å². The minimum atomic E-state index is -0.432. The molecule has 0 saturated carbocycles. The topological polar surface area (TPSA) is 102 Å². The summed E-state index contributed by atoms with van der Waals surface area (Å²) < 4.78 is 4.88. The fraction of sp³-hybridized carbons (Fsp3) is 0.438. The number of carbonyl (C=O) groups is 1. The lowest BCUT2D eigenvalue weighted by Gasteiger charge is -2.26. The second-order valence-electron chi connectivity index (χ2n) is 5.66. The standard InChI is InChI=1S/C11H13N3O3.C5H7NOSi/c1-8-2-3-10(14(16)17)11(12-8)13-6-4-9(15)5-7-13;1-4-3-5(8-2)7-6-4/h2-3H,4-7H2,1H3;3H,1-2H3. The Hall–Kier alpha value is -2.55. The number of aryl methyl sites for hydroxylation is 2. The summed E-state index contributed by atoms with van der Waals surface area (Å²) in [4.78, 5) is 27.7. The van der Waals surface area contributed by atoms with Crippen LogP contribution >= 0.6 is 0 Å². The van der Waals surface area contributed by atoms with Gasteiger partial charge >= 0.3 is 5.69 Å². The molecular weight excluding hydrogens is 340 g/mol. The van der Waals surface area contributed by atoms with Crippen LogP contribution in [0.2, 0.25) is 6.55 Å². The molecule has 2 radical (unpaired) electrons. The van der Waals surface area contributed by atoms with E-state index in [0.717, 1.165) is 26.3 Å². The number of hydrogen-bond donors (Lipinski definition) is 0. The third-order valence-corrected chi connectivity index (χ3v) is 4.41. The molecule has 0 atom stereocenters. The molecule has 0 aromatic carbocycles. The Morgan fingerprint density at radius 2 is 1.92 bits per heavy atom. The zero-order chi connectivity index (χ0) is 18.4. The number of carbonyl (C=O) groups excluding carboxylic acids is 1. The molecule has 8 nitrogen and oxygen atoms in total. The largest absolute Gasteiger partial charge is 0.367 e. The number of pyridine rings is 1. The van der Waals surface area contributed by atoms with Crippen molar-refractivity contribution in [2.45, 2.75) is 33.2 Å². The van der Waals surface area contributed by atoms with E-state index in [0.29, 0.717) is 31.7 Å². The SMILES string of the molecule is C[Si]c1cc(C)no1.Cc1ccc([N+](=O)[O-])c(N2CCC(=O)CC2)n1. The molecule has 0 bridgehead atoms. The number of aromatic nitrogens is 2. The molecule has 2 aromatic heterocycles. The van der Waals surface area contributed by atoms with Gasteiger partial charge < -0.3 is 9.42 Å². The highest BCUT2D eigenvalue weighted by Gasteiger charge is 2.24. The van der Waals surface area contributed by atoms with E-state index in [-0.39, 0.29) is 11.5 Å². The fourth-order valence-electron chi connectivity index (χ4n) is 2.36. The van der Waals surface area contributed by atoms with Crippen molar-refractivity contribution in [3.8, 4) is 0 Å². The van der Waals surface area contributed by atoms with Crippen molar-refractivity contribution in [2.75, 3.05) is 18.0 Å². The Morgan fingerprint density at radius 3 is 2.40 bits per heavy atom. The van der Waals surface area contributed by atoms with Gasteiger partial charge in [0.15, 0.2) is 0 Å². The maximum absolute atomic E-state index is 11.1. The molecule has 3 heterocycles. The van der Waals surface area contributed by atoms with E-state index in [2.05, 4.69) is 16.7 Å². The molecule has 9 heteroatoms. The molecule has 132 valence electrons. The number of piperidine rings is 1. The first kappa shape index (κ1) is 18.8. The predicted molar refractivity (Wildman–Crippen MR) is 94.6 cm³/mol. The summed E-state index contributed by atoms with van der Waals surface area (Å²) in [6.45, 7) is 6.81. The van der Waals surface area contributed by atoms with Crippen molar-refractivity contribution >= 4 is 32.2 Å². The smallest absolute Gasteiger partial charge is 0.311 e. The van der Waals surface area contributed by atoms with E-state index in [1.807, 2.05) is 17.9 Å². The predicted octanol–water partition coefficient (Wildman–Crippen LogP) is 1.83. The van der Waals surface area contributed by atoms with Crippen LogP contribution < -0.4 is 10.3 Å². The van der Waals surface area contributed by atoms with Crippen LogP contribution in [0, 0.1) is 24.0 Å². The van der Waals surface area contributed by atoms with Crippen molar-refractivity contribution in [1.29, 1.82) is 0 Å². The van der Waals surface area contributed by atoms with Crippen molar-refractivity contribution in [3.63, 3.8) is 0 Å². The summed E-state index contributed by atoms with van der Waals surface area (Å²) >= 11 is 0. The average Bonchev–Trinajstić information content (AvgIpc) is 3.01. The first-order valence-electron chi connectivity index (χ1n) is 7.90. The summed E-state index contributed by atoms with van der Waals surface area (Å²) in [5.41, 5.74) is 1.71. The van der Waals surface area contributed by atoms with Crippen LogP contribution in [0.25, 0.3) is 0 Å². The van der Waals surface area contributed by atoms with E-state index in [4.69, 9.17) is 4.52 Å². The normalized spacial score (nSPS) is 14.0. The van der Waals surface area contributed by atoms with Crippen LogP contribution in [-0.2, 0) is 4.79 Å². The van der Waals surface area contributed by atoms with E-state index in [9.17, 15) is 14.9 Å². The Labute approximate surface area is 148 Å². The van der Waals surface area contributed by atoms with Crippen molar-refractivity contribution in [1.82, 2.24) is 10.1 Å². The van der Waals surface area contributed by atoms with Gasteiger partial charge in [-0.3, -0.25) is 14.9 Å². The van der Waals surface area contributed by atoms with Crippen molar-refractivity contribution in [2.24, 2.45) is 0 Å². The molecule has 25 heavy (non-hydrogen) atoms. The van der Waals surface area contributed by atoms with Crippen LogP contribution in [0.5, 0.6) is 0 Å². The minimum Gasteiger partial charge on any atom is -0.367 e. The molecule has 2 aromatic rings. The van der Waals surface area contributed by atoms with Gasteiger partial charge in [-0.25, -0.2) is 4.98 Å². The van der Waals surface area contributed by atoms with Gasteiger partial charge in [0, 0.05) is 37.7 Å². The van der Waals surface area contributed by atoms with Gasteiger partial charge in [-0.05, 0) is 26.0 Å². The first-order valence-corrected chi connectivity index (χ1v) is 9.40. The number of hydrogen-bond acceptors (Lipinski definition) is 7. The first-order chi connectivity index (χ1) is 11.9. The maximum atomic E-state index is 11.1. The van der Waals surface area contributed by atoms with E-state index in [1.54, 1.807) is 13.0 Å². The summed E-state index contributed by atoms with van der Waals surface area (Å²) in [5, 5.41) is 15.6. The molecule has 0 aliphatic carbocycles. The Bertz CT molecular complexity index is 752. The lowest BCUT2D eigenvalue weighted by Crippen LogP contribution is -2.34. The van der Waals surface area contributed by atoms with Crippen LogP contribution in [0.4, 0.5) is 11.5 Å². The molecule has 0 unspecified atom stereocenters. The van der Waals surface area contributed by atoms with Gasteiger partial charge in [0.1, 0.15) is 20.7 Å². The van der Waals surface area contributed by atoms with E-state index >= 15 is 0 Å². The number of Topliss-reactive ketones (excluding diaryl/α,β-unsaturated/α-hetero) is 1. The molecule has 0 N–H and O–H groups in total. The number of anilines is 1. The van der Waals surface area contributed by atoms with Gasteiger partial charge in [-0.2, -0.15) is 0 Å². The molecule has 1 saturated heterocycles. The van der Waals surface area contributed by atoms with Crippen molar-refractivity contribution < 1.29 is 14.2 Å². The lowest BCUT2D eigenvalue weighted by atomic mass is 10.1. The number of nitrogens with zero attached hydrogens (tertiary/aromatic N) is 4. The summed E-state index contributed by atoms with van der Waals surface area (Å²) in [5.74, 6) is 0.582. The summed E-state index contributed by atoms with van der Waals surface area (Å²) in [6, 6.07) is 5.04. The van der Waals surface area contributed by atoms with Gasteiger partial charge in [0.05, 0.1) is 10.6 Å². The molecule has 1 aliphatic rings. The van der Waals surface area contributed by atoms with Gasteiger partial charge in [0.25, 0.3) is 0 Å². The molecule has 0 spiro atoms. The van der Waals surface area contributed by atoms with Gasteiger partial charge in [-0.15, -0.1) is 0 Å². The third-order valence-electron chi connectivity index (χ3n) is 3.69. The highest BCUT2D eigenvalue weighted by atomic mass is 28.2. The molecule has 3 rings (SSSR count). The second kappa shape index (κ2) is 8.52. The van der Waals surface area contributed by atoms with Gasteiger partial charge in [0.2, 0.25) is 5.82 Å². The van der Waals surface area contributed by atoms with Crippen LogP contribution in [-0.4, -0.2) is 43.5 Å². The Kier molecular flexibility index (Phi) is 6.40. The number of rotatable bonds is 3. The lowest BCUT2D eigenvalue weighted by molar-refractivity contribution is -0.384. The quantitative estimate of drug-likeness (QED) is 0.467. The monoisotopic (exact) mass is 360 g/mol.